The normalized spacial score (nSPS) is 14.9. The first-order chi connectivity index (χ1) is 14.8. The van der Waals surface area contributed by atoms with Gasteiger partial charge in [-0.25, -0.2) is 0 Å². The van der Waals surface area contributed by atoms with Crippen LogP contribution in [0.25, 0.3) is 16.7 Å². The summed E-state index contributed by atoms with van der Waals surface area (Å²) in [6, 6.07) is 20.2. The molecule has 1 aromatic heterocycles. The maximum atomic E-state index is 3.30. The van der Waals surface area contributed by atoms with Crippen molar-refractivity contribution >= 4 is 20.1 Å². The van der Waals surface area contributed by atoms with Gasteiger partial charge >= 0.3 is 59.5 Å². The van der Waals surface area contributed by atoms with Crippen LogP contribution in [-0.4, -0.2) is 3.21 Å². The number of benzene rings is 2. The van der Waals surface area contributed by atoms with Crippen LogP contribution < -0.4 is 24.8 Å². The molecule has 0 aliphatic heterocycles. The minimum absolute atomic E-state index is 0. The molecule has 1 saturated carbocycles. The zero-order valence-corrected chi connectivity index (χ0v) is 22.8. The third-order valence-corrected chi connectivity index (χ3v) is 7.51. The maximum Gasteiger partial charge on any atom is -0.0253 e. The van der Waals surface area contributed by atoms with Crippen molar-refractivity contribution in [2.75, 3.05) is 0 Å². The number of thiophene rings is 1. The molecule has 6 rings (SSSR count). The van der Waals surface area contributed by atoms with Gasteiger partial charge in [0.05, 0.1) is 0 Å². The largest absolute Gasteiger partial charge is 0.179 e. The van der Waals surface area contributed by atoms with Crippen LogP contribution >= 0.6 is 11.3 Å². The van der Waals surface area contributed by atoms with Crippen molar-refractivity contribution < 1.29 is 49.0 Å². The molecule has 0 nitrogen and oxygen atoms in total. The first-order valence-corrected chi connectivity index (χ1v) is 12.9. The first kappa shape index (κ1) is 27.2. The second kappa shape index (κ2) is 14.3. The third-order valence-electron chi connectivity index (χ3n) is 5.60. The smallest absolute Gasteiger partial charge is 0.0253 e. The van der Waals surface area contributed by atoms with E-state index in [4.69, 9.17) is 0 Å². The fourth-order valence-electron chi connectivity index (χ4n) is 4.00. The Morgan fingerprint density at radius 1 is 0.875 bits per heavy atom. The van der Waals surface area contributed by atoms with Gasteiger partial charge in [0.25, 0.3) is 0 Å². The van der Waals surface area contributed by atoms with E-state index in [1.165, 1.54) is 65.5 Å². The van der Waals surface area contributed by atoms with Gasteiger partial charge in [-0.05, 0) is 11.8 Å². The Labute approximate surface area is 224 Å². The van der Waals surface area contributed by atoms with Gasteiger partial charge in [0, 0.05) is 0 Å². The Balaban J connectivity index is 0.000000173. The zero-order chi connectivity index (χ0) is 20.6. The van der Waals surface area contributed by atoms with E-state index >= 15 is 0 Å². The van der Waals surface area contributed by atoms with Crippen LogP contribution in [0.15, 0.2) is 71.4 Å². The van der Waals surface area contributed by atoms with Gasteiger partial charge in [-0.15, -0.1) is 17.2 Å². The van der Waals surface area contributed by atoms with Crippen molar-refractivity contribution in [1.82, 2.24) is 0 Å². The molecule has 0 bridgehead atoms. The molecule has 0 N–H and O–H groups in total. The summed E-state index contributed by atoms with van der Waals surface area (Å²) >= 11 is 3.42. The van der Waals surface area contributed by atoms with Crippen LogP contribution in [0.2, 0.25) is 0 Å². The standard InChI is InChI=1S/C13H9.C9H7S.C6H10.2ClH.Zr/c1-3-7-12-10(5-1)9-11-6-2-4-8-13(11)12;1-2-4-8(3-1)9-5-6-10-7-9;1-2-4-6-5-3-1;;;/h1-5,7-8H,9H2;1,3,5-7H,2H2;1-5H2;2*1H;/q2*-1;;;;+2/p-2. The van der Waals surface area contributed by atoms with Gasteiger partial charge in [-0.3, -0.25) is 0 Å². The van der Waals surface area contributed by atoms with E-state index in [2.05, 4.69) is 77.5 Å². The predicted molar refractivity (Wildman–Crippen MR) is 126 cm³/mol. The van der Waals surface area contributed by atoms with Gasteiger partial charge < -0.3 is 24.8 Å². The van der Waals surface area contributed by atoms with Gasteiger partial charge in [0.1, 0.15) is 0 Å². The summed E-state index contributed by atoms with van der Waals surface area (Å²) in [6.45, 7) is 0. The van der Waals surface area contributed by atoms with Crippen LogP contribution in [0, 0.1) is 12.1 Å². The Bertz CT molecular complexity index is 999. The number of halogens is 2. The molecule has 1 heterocycles. The van der Waals surface area contributed by atoms with Crippen molar-refractivity contribution in [3.05, 3.63) is 100 Å². The van der Waals surface area contributed by atoms with Gasteiger partial charge in [0.15, 0.2) is 0 Å². The zero-order valence-electron chi connectivity index (χ0n) is 18.0. The molecule has 0 unspecified atom stereocenters. The van der Waals surface area contributed by atoms with Crippen molar-refractivity contribution in [2.45, 2.75) is 44.9 Å². The SMILES string of the molecule is [C-]1=C(c2ccsc2)C=CC1.[Cl-].[Cl-].[Zr+2]=[C]1CCCCC1.[c-]1cccc2c1Cc1ccccc1-2. The van der Waals surface area contributed by atoms with E-state index in [1.807, 2.05) is 6.07 Å². The minimum Gasteiger partial charge on any atom is -0.179 e. The van der Waals surface area contributed by atoms with E-state index in [0.717, 1.165) is 12.8 Å². The Morgan fingerprint density at radius 3 is 2.31 bits per heavy atom. The van der Waals surface area contributed by atoms with E-state index in [0.29, 0.717) is 0 Å². The summed E-state index contributed by atoms with van der Waals surface area (Å²) < 4.78 is 1.80. The summed E-state index contributed by atoms with van der Waals surface area (Å²) in [5.41, 5.74) is 8.07. The molecule has 2 aromatic carbocycles. The quantitative estimate of drug-likeness (QED) is 0.313. The van der Waals surface area contributed by atoms with Gasteiger partial charge in [-0.2, -0.15) is 58.9 Å². The van der Waals surface area contributed by atoms with Gasteiger partial charge in [-0.1, -0.05) is 53.3 Å². The Morgan fingerprint density at radius 2 is 1.66 bits per heavy atom. The molecule has 3 aliphatic carbocycles. The minimum atomic E-state index is 0. The molecule has 4 heteroatoms. The third kappa shape index (κ3) is 7.49. The van der Waals surface area contributed by atoms with Crippen LogP contribution in [0.1, 0.15) is 55.2 Å². The maximum absolute atomic E-state index is 3.30. The summed E-state index contributed by atoms with van der Waals surface area (Å²) in [7, 11) is 0. The number of hydrogen-bond donors (Lipinski definition) is 0. The molecule has 0 spiro atoms. The summed E-state index contributed by atoms with van der Waals surface area (Å²) in [6.07, 6.45) is 16.9. The molecule has 1 fully saturated rings. The monoisotopic (exact) mass is 554 g/mol. The fourth-order valence-corrected chi connectivity index (χ4v) is 5.52. The van der Waals surface area contributed by atoms with Crippen LogP contribution in [0.4, 0.5) is 0 Å². The average molecular weight is 557 g/mol. The molecule has 0 amide bonds. The van der Waals surface area contributed by atoms with Crippen LogP contribution in [0.3, 0.4) is 0 Å². The molecule has 3 aromatic rings. The topological polar surface area (TPSA) is 0 Å². The van der Waals surface area contributed by atoms with Crippen LogP contribution in [-0.2, 0) is 30.7 Å². The van der Waals surface area contributed by atoms with Crippen molar-refractivity contribution in [3.8, 4) is 11.1 Å². The first-order valence-electron chi connectivity index (χ1n) is 10.8. The Kier molecular flexibility index (Phi) is 12.1. The molecule has 0 atom stereocenters. The molecular weight excluding hydrogens is 531 g/mol. The predicted octanol–water partition coefficient (Wildman–Crippen LogP) is 1.63. The molecule has 32 heavy (non-hydrogen) atoms. The summed E-state index contributed by atoms with van der Waals surface area (Å²) in [5.74, 6) is 0. The Hall–Kier alpha value is -1.05. The summed E-state index contributed by atoms with van der Waals surface area (Å²) in [4.78, 5) is 0. The second-order valence-corrected chi connectivity index (χ2v) is 10.3. The number of fused-ring (bicyclic) bond motifs is 3. The van der Waals surface area contributed by atoms with Crippen LogP contribution in [0.5, 0.6) is 0 Å². The molecular formula is C28H26Cl2SZr-2. The van der Waals surface area contributed by atoms with E-state index in [9.17, 15) is 0 Å². The van der Waals surface area contributed by atoms with Crippen molar-refractivity contribution in [1.29, 1.82) is 0 Å². The molecule has 164 valence electrons. The molecule has 3 aliphatic rings. The van der Waals surface area contributed by atoms with E-state index < -0.39 is 0 Å². The average Bonchev–Trinajstić information content (AvgIpc) is 3.55. The van der Waals surface area contributed by atoms with E-state index in [-0.39, 0.29) is 24.8 Å². The summed E-state index contributed by atoms with van der Waals surface area (Å²) in [5, 5.41) is 4.24. The number of allylic oxidation sites excluding steroid dienone is 4. The number of rotatable bonds is 1. The van der Waals surface area contributed by atoms with Crippen molar-refractivity contribution in [3.63, 3.8) is 0 Å². The molecule has 0 radical (unpaired) electrons. The fraction of sp³-hybridized carbons (Fsp3) is 0.250. The van der Waals surface area contributed by atoms with E-state index in [1.54, 1.807) is 38.8 Å². The van der Waals surface area contributed by atoms with Gasteiger partial charge in [0.2, 0.25) is 0 Å². The number of hydrogen-bond acceptors (Lipinski definition) is 1. The van der Waals surface area contributed by atoms with Crippen molar-refractivity contribution in [2.24, 2.45) is 0 Å². The second-order valence-electron chi connectivity index (χ2n) is 7.77. The molecule has 0 saturated heterocycles.